The highest BCUT2D eigenvalue weighted by Crippen LogP contribution is 2.31. The molecular weight excluding hydrogens is 420 g/mol. The lowest BCUT2D eigenvalue weighted by molar-refractivity contribution is -0.117. The van der Waals surface area contributed by atoms with Gasteiger partial charge in [-0.1, -0.05) is 15.9 Å². The van der Waals surface area contributed by atoms with Gasteiger partial charge in [0.05, 0.1) is 7.11 Å². The quantitative estimate of drug-likeness (QED) is 0.771. The van der Waals surface area contributed by atoms with E-state index >= 15 is 0 Å². The van der Waals surface area contributed by atoms with Crippen LogP contribution in [-0.2, 0) is 14.8 Å². The van der Waals surface area contributed by atoms with E-state index in [0.717, 1.165) is 17.7 Å². The highest BCUT2D eigenvalue weighted by molar-refractivity contribution is 9.10. The predicted molar refractivity (Wildman–Crippen MR) is 104 cm³/mol. The fourth-order valence-corrected chi connectivity index (χ4v) is 4.75. The van der Waals surface area contributed by atoms with E-state index in [4.69, 9.17) is 4.74 Å². The Morgan fingerprint density at radius 1 is 1.19 bits per heavy atom. The molecule has 0 aliphatic carbocycles. The molecule has 0 saturated carbocycles. The first kappa shape index (κ1) is 18.7. The van der Waals surface area contributed by atoms with Crippen molar-refractivity contribution >= 4 is 43.2 Å². The standard InChI is InChI=1S/C18H19BrN2O4S/c1-12-10-14(6-7-15(12)21-9-3-4-18(21)22)20-26(23,24)17-11-13(19)5-8-16(17)25-2/h5-8,10-11,20H,3-4,9H2,1-2H3. The minimum absolute atomic E-state index is 0.0471. The second-order valence-corrected chi connectivity index (χ2v) is 8.62. The Bertz CT molecular complexity index is 960. The average Bonchev–Trinajstić information content (AvgIpc) is 3.00. The third-order valence-electron chi connectivity index (χ3n) is 4.23. The summed E-state index contributed by atoms with van der Waals surface area (Å²) in [5.74, 6) is 0.358. The molecule has 2 aromatic carbocycles. The van der Waals surface area contributed by atoms with Gasteiger partial charge < -0.3 is 9.64 Å². The number of sulfonamides is 1. The van der Waals surface area contributed by atoms with Gasteiger partial charge in [0.1, 0.15) is 10.6 Å². The van der Waals surface area contributed by atoms with E-state index < -0.39 is 10.0 Å². The molecule has 8 heteroatoms. The van der Waals surface area contributed by atoms with Crippen LogP contribution >= 0.6 is 15.9 Å². The summed E-state index contributed by atoms with van der Waals surface area (Å²) < 4.78 is 33.9. The van der Waals surface area contributed by atoms with Crippen molar-refractivity contribution in [3.63, 3.8) is 0 Å². The van der Waals surface area contributed by atoms with Crippen LogP contribution in [0.25, 0.3) is 0 Å². The minimum Gasteiger partial charge on any atom is -0.495 e. The summed E-state index contributed by atoms with van der Waals surface area (Å²) in [7, 11) is -2.40. The maximum Gasteiger partial charge on any atom is 0.265 e. The number of ether oxygens (including phenoxy) is 1. The van der Waals surface area contributed by atoms with E-state index in [1.807, 2.05) is 6.92 Å². The third-order valence-corrected chi connectivity index (χ3v) is 6.12. The molecule has 0 aromatic heterocycles. The van der Waals surface area contributed by atoms with Crippen LogP contribution in [0.5, 0.6) is 5.75 Å². The highest BCUT2D eigenvalue weighted by atomic mass is 79.9. The van der Waals surface area contributed by atoms with Gasteiger partial charge in [-0.05, 0) is 55.3 Å². The molecule has 1 heterocycles. The molecule has 0 spiro atoms. The second kappa shape index (κ2) is 7.28. The number of aryl methyl sites for hydroxylation is 1. The molecule has 0 atom stereocenters. The summed E-state index contributed by atoms with van der Waals surface area (Å²) in [5.41, 5.74) is 2.08. The van der Waals surface area contributed by atoms with E-state index in [0.29, 0.717) is 23.1 Å². The molecule has 1 aliphatic heterocycles. The van der Waals surface area contributed by atoms with Gasteiger partial charge in [-0.2, -0.15) is 0 Å². The monoisotopic (exact) mass is 438 g/mol. The van der Waals surface area contributed by atoms with Crippen LogP contribution in [0.2, 0.25) is 0 Å². The lowest BCUT2D eigenvalue weighted by Crippen LogP contribution is -2.24. The summed E-state index contributed by atoms with van der Waals surface area (Å²) in [6.45, 7) is 2.55. The van der Waals surface area contributed by atoms with Crippen molar-refractivity contribution < 1.29 is 17.9 Å². The van der Waals surface area contributed by atoms with Crippen molar-refractivity contribution in [2.24, 2.45) is 0 Å². The molecule has 6 nitrogen and oxygen atoms in total. The number of halogens is 1. The van der Waals surface area contributed by atoms with Gasteiger partial charge in [0.15, 0.2) is 0 Å². The normalized spacial score (nSPS) is 14.6. The smallest absolute Gasteiger partial charge is 0.265 e. The molecule has 1 saturated heterocycles. The summed E-state index contributed by atoms with van der Waals surface area (Å²) in [6.07, 6.45) is 1.39. The first-order chi connectivity index (χ1) is 12.3. The van der Waals surface area contributed by atoms with Crippen molar-refractivity contribution in [2.45, 2.75) is 24.7 Å². The number of hydrogen-bond acceptors (Lipinski definition) is 4. The van der Waals surface area contributed by atoms with Gasteiger partial charge in [-0.3, -0.25) is 9.52 Å². The number of methoxy groups -OCH3 is 1. The fraction of sp³-hybridized carbons (Fsp3) is 0.278. The number of anilines is 2. The molecule has 0 unspecified atom stereocenters. The molecule has 26 heavy (non-hydrogen) atoms. The van der Waals surface area contributed by atoms with Crippen molar-refractivity contribution in [2.75, 3.05) is 23.3 Å². The van der Waals surface area contributed by atoms with Crippen LogP contribution < -0.4 is 14.4 Å². The molecule has 1 aliphatic rings. The van der Waals surface area contributed by atoms with E-state index in [9.17, 15) is 13.2 Å². The van der Waals surface area contributed by atoms with Crippen LogP contribution in [0, 0.1) is 6.92 Å². The Hall–Kier alpha value is -2.06. The van der Waals surface area contributed by atoms with E-state index in [1.54, 1.807) is 35.2 Å². The number of nitrogens with one attached hydrogen (secondary N) is 1. The number of hydrogen-bond donors (Lipinski definition) is 1. The first-order valence-corrected chi connectivity index (χ1v) is 10.4. The van der Waals surface area contributed by atoms with E-state index in [2.05, 4.69) is 20.7 Å². The molecule has 1 fully saturated rings. The Labute approximate surface area is 161 Å². The number of benzene rings is 2. The molecule has 1 amide bonds. The molecule has 0 bridgehead atoms. The molecule has 1 N–H and O–H groups in total. The maximum atomic E-state index is 12.8. The van der Waals surface area contributed by atoms with Crippen LogP contribution in [0.3, 0.4) is 0 Å². The highest BCUT2D eigenvalue weighted by Gasteiger charge is 2.24. The van der Waals surface area contributed by atoms with Crippen molar-refractivity contribution in [1.82, 2.24) is 0 Å². The average molecular weight is 439 g/mol. The van der Waals surface area contributed by atoms with Crippen LogP contribution in [0.15, 0.2) is 45.8 Å². The molecule has 3 rings (SSSR count). The summed E-state index contributed by atoms with van der Waals surface area (Å²) in [6, 6.07) is 9.95. The minimum atomic E-state index is -3.82. The summed E-state index contributed by atoms with van der Waals surface area (Å²) >= 11 is 3.28. The Morgan fingerprint density at radius 3 is 2.58 bits per heavy atom. The number of carbonyl (C=O) groups excluding carboxylic acids is 1. The Kier molecular flexibility index (Phi) is 5.24. The third kappa shape index (κ3) is 3.71. The maximum absolute atomic E-state index is 12.8. The SMILES string of the molecule is COc1ccc(Br)cc1S(=O)(=O)Nc1ccc(N2CCCC2=O)c(C)c1. The zero-order chi connectivity index (χ0) is 18.9. The van der Waals surface area contributed by atoms with Crippen molar-refractivity contribution in [1.29, 1.82) is 0 Å². The van der Waals surface area contributed by atoms with Gasteiger partial charge in [-0.25, -0.2) is 8.42 Å². The molecule has 138 valence electrons. The van der Waals surface area contributed by atoms with Crippen molar-refractivity contribution in [3.05, 3.63) is 46.4 Å². The molecule has 2 aromatic rings. The van der Waals surface area contributed by atoms with Gasteiger partial charge in [-0.15, -0.1) is 0 Å². The topological polar surface area (TPSA) is 75.7 Å². The van der Waals surface area contributed by atoms with Crippen LogP contribution in [-0.4, -0.2) is 28.0 Å². The predicted octanol–water partition coefficient (Wildman–Crippen LogP) is 3.69. The van der Waals surface area contributed by atoms with Gasteiger partial charge in [0.25, 0.3) is 10.0 Å². The second-order valence-electron chi connectivity index (χ2n) is 6.05. The van der Waals surface area contributed by atoms with Crippen LogP contribution in [0.4, 0.5) is 11.4 Å². The van der Waals surface area contributed by atoms with Crippen LogP contribution in [0.1, 0.15) is 18.4 Å². The van der Waals surface area contributed by atoms with E-state index in [-0.39, 0.29) is 16.6 Å². The lowest BCUT2D eigenvalue weighted by Gasteiger charge is -2.19. The summed E-state index contributed by atoms with van der Waals surface area (Å²) in [4.78, 5) is 13.7. The Balaban J connectivity index is 1.90. The van der Waals surface area contributed by atoms with Gasteiger partial charge in [0.2, 0.25) is 5.91 Å². The van der Waals surface area contributed by atoms with Crippen molar-refractivity contribution in [3.8, 4) is 5.75 Å². The zero-order valence-corrected chi connectivity index (χ0v) is 16.9. The number of rotatable bonds is 5. The van der Waals surface area contributed by atoms with Gasteiger partial charge in [0, 0.05) is 28.8 Å². The summed E-state index contributed by atoms with van der Waals surface area (Å²) in [5, 5.41) is 0. The first-order valence-electron chi connectivity index (χ1n) is 8.09. The number of nitrogens with zero attached hydrogens (tertiary/aromatic N) is 1. The zero-order valence-electron chi connectivity index (χ0n) is 14.5. The number of carbonyl (C=O) groups is 1. The van der Waals surface area contributed by atoms with E-state index in [1.165, 1.54) is 13.2 Å². The number of amides is 1. The molecular formula is C18H19BrN2O4S. The van der Waals surface area contributed by atoms with Gasteiger partial charge >= 0.3 is 0 Å². The Morgan fingerprint density at radius 2 is 1.96 bits per heavy atom. The fourth-order valence-electron chi connectivity index (χ4n) is 3.00. The largest absolute Gasteiger partial charge is 0.495 e. The molecule has 0 radical (unpaired) electrons. The lowest BCUT2D eigenvalue weighted by atomic mass is 10.1.